The highest BCUT2D eigenvalue weighted by atomic mass is 14.9. The smallest absolute Gasteiger partial charge is 0.0489 e. The molecule has 1 aromatic heterocycles. The molecule has 1 heterocycles. The third-order valence-corrected chi connectivity index (χ3v) is 3.13. The summed E-state index contributed by atoms with van der Waals surface area (Å²) in [7, 11) is 2.08. The summed E-state index contributed by atoms with van der Waals surface area (Å²) in [6.07, 6.45) is 0. The van der Waals surface area contributed by atoms with Crippen molar-refractivity contribution in [3.05, 3.63) is 54.6 Å². The monoisotopic (exact) mass is 222 g/mol. The summed E-state index contributed by atoms with van der Waals surface area (Å²) in [6, 6.07) is 18.6. The van der Waals surface area contributed by atoms with Gasteiger partial charge in [-0.1, -0.05) is 30.3 Å². The van der Waals surface area contributed by atoms with Crippen molar-refractivity contribution in [1.29, 1.82) is 0 Å². The average molecular weight is 222 g/mol. The molecule has 0 aliphatic heterocycles. The number of para-hydroxylation sites is 1. The lowest BCUT2D eigenvalue weighted by Crippen LogP contribution is -1.92. The molecule has 0 spiro atoms. The number of anilines is 1. The highest BCUT2D eigenvalue weighted by molar-refractivity contribution is 5.87. The van der Waals surface area contributed by atoms with Crippen LogP contribution in [0.25, 0.3) is 22.2 Å². The second-order valence-corrected chi connectivity index (χ2v) is 4.27. The number of aromatic nitrogens is 1. The molecule has 3 rings (SSSR count). The van der Waals surface area contributed by atoms with Gasteiger partial charge in [0.05, 0.1) is 0 Å². The van der Waals surface area contributed by atoms with Crippen molar-refractivity contribution in [2.45, 2.75) is 0 Å². The Balaban J connectivity index is 2.27. The van der Waals surface area contributed by atoms with E-state index in [-0.39, 0.29) is 0 Å². The van der Waals surface area contributed by atoms with E-state index in [1.54, 1.807) is 0 Å². The number of fused-ring (bicyclic) bond motifs is 1. The van der Waals surface area contributed by atoms with Crippen LogP contribution in [0.1, 0.15) is 0 Å². The van der Waals surface area contributed by atoms with Crippen LogP contribution in [0, 0.1) is 0 Å². The zero-order chi connectivity index (χ0) is 11.8. The number of aryl methyl sites for hydroxylation is 1. The molecule has 0 unspecified atom stereocenters. The van der Waals surface area contributed by atoms with Crippen LogP contribution in [-0.4, -0.2) is 4.57 Å². The molecular weight excluding hydrogens is 208 g/mol. The SMILES string of the molecule is Cn1c(-c2cccc(N)c2)cc2ccccc21. The van der Waals surface area contributed by atoms with Crippen molar-refractivity contribution >= 4 is 16.6 Å². The molecule has 0 amide bonds. The maximum atomic E-state index is 5.83. The Morgan fingerprint density at radius 1 is 0.941 bits per heavy atom. The fourth-order valence-electron chi connectivity index (χ4n) is 2.26. The molecule has 0 aliphatic rings. The number of hydrogen-bond acceptors (Lipinski definition) is 1. The normalized spacial score (nSPS) is 10.9. The zero-order valence-electron chi connectivity index (χ0n) is 9.72. The molecule has 0 saturated carbocycles. The lowest BCUT2D eigenvalue weighted by molar-refractivity contribution is 0.978. The van der Waals surface area contributed by atoms with Gasteiger partial charge in [-0.25, -0.2) is 0 Å². The van der Waals surface area contributed by atoms with Crippen molar-refractivity contribution in [2.75, 3.05) is 5.73 Å². The van der Waals surface area contributed by atoms with Gasteiger partial charge in [0.15, 0.2) is 0 Å². The van der Waals surface area contributed by atoms with E-state index in [0.29, 0.717) is 0 Å². The first-order valence-corrected chi connectivity index (χ1v) is 5.66. The Kier molecular flexibility index (Phi) is 2.15. The van der Waals surface area contributed by atoms with Crippen molar-refractivity contribution in [3.8, 4) is 11.3 Å². The largest absolute Gasteiger partial charge is 0.399 e. The Labute approximate surface area is 100 Å². The van der Waals surface area contributed by atoms with Gasteiger partial charge in [-0.15, -0.1) is 0 Å². The Morgan fingerprint density at radius 3 is 2.53 bits per heavy atom. The van der Waals surface area contributed by atoms with Gasteiger partial charge < -0.3 is 10.3 Å². The molecule has 2 nitrogen and oxygen atoms in total. The molecule has 0 fully saturated rings. The number of benzene rings is 2. The highest BCUT2D eigenvalue weighted by Crippen LogP contribution is 2.27. The third kappa shape index (κ3) is 1.58. The molecule has 0 atom stereocenters. The lowest BCUT2D eigenvalue weighted by Gasteiger charge is -2.05. The van der Waals surface area contributed by atoms with Crippen LogP contribution >= 0.6 is 0 Å². The molecule has 2 heteroatoms. The van der Waals surface area contributed by atoms with Crippen LogP contribution in [0.15, 0.2) is 54.6 Å². The van der Waals surface area contributed by atoms with Gasteiger partial charge in [0, 0.05) is 34.9 Å². The van der Waals surface area contributed by atoms with E-state index in [1.165, 1.54) is 16.6 Å². The molecule has 3 aromatic rings. The number of nitrogens with two attached hydrogens (primary N) is 1. The summed E-state index contributed by atoms with van der Waals surface area (Å²) in [5, 5.41) is 1.26. The molecule has 2 N–H and O–H groups in total. The summed E-state index contributed by atoms with van der Waals surface area (Å²) < 4.78 is 2.20. The summed E-state index contributed by atoms with van der Waals surface area (Å²) in [5.41, 5.74) is 10.2. The second kappa shape index (κ2) is 3.67. The first kappa shape index (κ1) is 9.97. The van der Waals surface area contributed by atoms with E-state index in [1.807, 2.05) is 18.2 Å². The third-order valence-electron chi connectivity index (χ3n) is 3.13. The number of rotatable bonds is 1. The fourth-order valence-corrected chi connectivity index (χ4v) is 2.26. The minimum Gasteiger partial charge on any atom is -0.399 e. The van der Waals surface area contributed by atoms with Crippen molar-refractivity contribution in [3.63, 3.8) is 0 Å². The van der Waals surface area contributed by atoms with Crippen LogP contribution in [0.3, 0.4) is 0 Å². The van der Waals surface area contributed by atoms with E-state index in [4.69, 9.17) is 5.73 Å². The zero-order valence-corrected chi connectivity index (χ0v) is 9.72. The van der Waals surface area contributed by atoms with Crippen molar-refractivity contribution in [2.24, 2.45) is 7.05 Å². The van der Waals surface area contributed by atoms with E-state index >= 15 is 0 Å². The molecule has 0 radical (unpaired) electrons. The molecule has 0 aliphatic carbocycles. The molecule has 0 saturated heterocycles. The van der Waals surface area contributed by atoms with E-state index in [0.717, 1.165) is 11.3 Å². The molecule has 84 valence electrons. The van der Waals surface area contributed by atoms with E-state index in [9.17, 15) is 0 Å². The molecule has 17 heavy (non-hydrogen) atoms. The van der Waals surface area contributed by atoms with Gasteiger partial charge >= 0.3 is 0 Å². The van der Waals surface area contributed by atoms with E-state index < -0.39 is 0 Å². The average Bonchev–Trinajstić information content (AvgIpc) is 2.68. The summed E-state index contributed by atoms with van der Waals surface area (Å²) >= 11 is 0. The predicted molar refractivity (Wildman–Crippen MR) is 72.8 cm³/mol. The van der Waals surface area contributed by atoms with E-state index in [2.05, 4.69) is 48.0 Å². The van der Waals surface area contributed by atoms with Crippen LogP contribution in [0.5, 0.6) is 0 Å². The number of hydrogen-bond donors (Lipinski definition) is 1. The first-order chi connectivity index (χ1) is 8.25. The summed E-state index contributed by atoms with van der Waals surface area (Å²) in [6.45, 7) is 0. The Bertz CT molecular complexity index is 680. The number of nitrogen functional groups attached to an aromatic ring is 1. The fraction of sp³-hybridized carbons (Fsp3) is 0.0667. The molecule has 2 aromatic carbocycles. The summed E-state index contributed by atoms with van der Waals surface area (Å²) in [5.74, 6) is 0. The lowest BCUT2D eigenvalue weighted by atomic mass is 10.1. The van der Waals surface area contributed by atoms with Gasteiger partial charge in [-0.2, -0.15) is 0 Å². The van der Waals surface area contributed by atoms with Crippen LogP contribution in [0.4, 0.5) is 5.69 Å². The maximum Gasteiger partial charge on any atom is 0.0489 e. The van der Waals surface area contributed by atoms with Crippen LogP contribution in [0.2, 0.25) is 0 Å². The second-order valence-electron chi connectivity index (χ2n) is 4.27. The number of nitrogens with zero attached hydrogens (tertiary/aromatic N) is 1. The van der Waals surface area contributed by atoms with Gasteiger partial charge in [0.2, 0.25) is 0 Å². The minimum atomic E-state index is 0.799. The first-order valence-electron chi connectivity index (χ1n) is 5.66. The maximum absolute atomic E-state index is 5.83. The molecular formula is C15H14N2. The Hall–Kier alpha value is -2.22. The van der Waals surface area contributed by atoms with Crippen molar-refractivity contribution < 1.29 is 0 Å². The quantitative estimate of drug-likeness (QED) is 0.628. The highest BCUT2D eigenvalue weighted by Gasteiger charge is 2.06. The predicted octanol–water partition coefficient (Wildman–Crippen LogP) is 3.43. The topological polar surface area (TPSA) is 30.9 Å². The van der Waals surface area contributed by atoms with Gasteiger partial charge in [-0.3, -0.25) is 0 Å². The standard InChI is InChI=1S/C15H14N2/c1-17-14-8-3-2-5-12(14)10-15(17)11-6-4-7-13(16)9-11/h2-10H,16H2,1H3. The van der Waals surface area contributed by atoms with Crippen LogP contribution in [-0.2, 0) is 7.05 Å². The van der Waals surface area contributed by atoms with Crippen molar-refractivity contribution in [1.82, 2.24) is 4.57 Å². The summed E-state index contributed by atoms with van der Waals surface area (Å²) in [4.78, 5) is 0. The van der Waals surface area contributed by atoms with Crippen LogP contribution < -0.4 is 5.73 Å². The van der Waals surface area contributed by atoms with Gasteiger partial charge in [0.1, 0.15) is 0 Å². The Morgan fingerprint density at radius 2 is 1.76 bits per heavy atom. The minimum absolute atomic E-state index is 0.799. The molecule has 0 bridgehead atoms. The van der Waals surface area contributed by atoms with Gasteiger partial charge in [0.25, 0.3) is 0 Å². The van der Waals surface area contributed by atoms with Gasteiger partial charge in [-0.05, 0) is 24.3 Å².